The van der Waals surface area contributed by atoms with Crippen molar-refractivity contribution in [2.45, 2.75) is 12.5 Å². The van der Waals surface area contributed by atoms with Gasteiger partial charge < -0.3 is 5.73 Å². The Morgan fingerprint density at radius 3 is 2.46 bits per heavy atom. The zero-order valence-corrected chi connectivity index (χ0v) is 8.82. The molecule has 0 heterocycles. The maximum Gasteiger partial charge on any atom is 0.257 e. The maximum atomic E-state index is 12.2. The van der Waals surface area contributed by atoms with Crippen LogP contribution in [0.3, 0.4) is 0 Å². The van der Waals surface area contributed by atoms with Crippen LogP contribution in [0.1, 0.15) is 11.6 Å². The molecule has 5 heteroatoms. The van der Waals surface area contributed by atoms with Gasteiger partial charge in [0.05, 0.1) is 11.1 Å². The SMILES string of the molecule is N[C@@H](c1ccc(Cl)c(Br)c1)C(F)F. The van der Waals surface area contributed by atoms with Crippen LogP contribution in [0.4, 0.5) is 8.78 Å². The number of alkyl halides is 2. The average molecular weight is 271 g/mol. The number of halogens is 4. The predicted octanol–water partition coefficient (Wildman–Crippen LogP) is 3.37. The lowest BCUT2D eigenvalue weighted by Crippen LogP contribution is -2.18. The molecule has 0 amide bonds. The molecular formula is C8H7BrClF2N. The second-order valence-corrected chi connectivity index (χ2v) is 3.80. The van der Waals surface area contributed by atoms with Gasteiger partial charge in [-0.3, -0.25) is 0 Å². The molecule has 0 aliphatic carbocycles. The van der Waals surface area contributed by atoms with Gasteiger partial charge in [-0.05, 0) is 33.6 Å². The number of nitrogens with two attached hydrogens (primary N) is 1. The van der Waals surface area contributed by atoms with Crippen molar-refractivity contribution in [3.63, 3.8) is 0 Å². The number of hydrogen-bond acceptors (Lipinski definition) is 1. The summed E-state index contributed by atoms with van der Waals surface area (Å²) < 4.78 is 24.9. The third kappa shape index (κ3) is 2.62. The molecule has 13 heavy (non-hydrogen) atoms. The fourth-order valence-electron chi connectivity index (χ4n) is 0.865. The molecule has 0 fully saturated rings. The molecule has 2 N–H and O–H groups in total. The standard InChI is InChI=1S/C8H7BrClF2N/c9-5-3-4(1-2-6(5)10)7(13)8(11)12/h1-3,7-8H,13H2/t7-/m0/s1. The van der Waals surface area contributed by atoms with E-state index in [0.29, 0.717) is 15.1 Å². The Balaban J connectivity index is 2.97. The molecule has 1 aromatic carbocycles. The molecule has 0 spiro atoms. The average Bonchev–Trinajstić information content (AvgIpc) is 2.08. The van der Waals surface area contributed by atoms with E-state index in [2.05, 4.69) is 15.9 Å². The van der Waals surface area contributed by atoms with Crippen LogP contribution in [-0.2, 0) is 0 Å². The van der Waals surface area contributed by atoms with Crippen LogP contribution in [0.5, 0.6) is 0 Å². The van der Waals surface area contributed by atoms with Crippen molar-refractivity contribution in [2.75, 3.05) is 0 Å². The Morgan fingerprint density at radius 1 is 1.38 bits per heavy atom. The van der Waals surface area contributed by atoms with Crippen molar-refractivity contribution >= 4 is 27.5 Å². The molecule has 0 aromatic heterocycles. The lowest BCUT2D eigenvalue weighted by Gasteiger charge is -2.11. The van der Waals surface area contributed by atoms with Gasteiger partial charge in [0, 0.05) is 4.47 Å². The van der Waals surface area contributed by atoms with Crippen LogP contribution < -0.4 is 5.73 Å². The highest BCUT2D eigenvalue weighted by Crippen LogP contribution is 2.27. The van der Waals surface area contributed by atoms with Crippen LogP contribution in [0.15, 0.2) is 22.7 Å². The van der Waals surface area contributed by atoms with Gasteiger partial charge in [-0.2, -0.15) is 0 Å². The van der Waals surface area contributed by atoms with E-state index in [9.17, 15) is 8.78 Å². The summed E-state index contributed by atoms with van der Waals surface area (Å²) in [7, 11) is 0. The van der Waals surface area contributed by atoms with E-state index < -0.39 is 12.5 Å². The summed E-state index contributed by atoms with van der Waals surface area (Å²) in [6, 6.07) is 3.26. The minimum absolute atomic E-state index is 0.367. The summed E-state index contributed by atoms with van der Waals surface area (Å²) in [6.45, 7) is 0. The molecule has 1 nitrogen and oxygen atoms in total. The quantitative estimate of drug-likeness (QED) is 0.876. The van der Waals surface area contributed by atoms with Crippen LogP contribution in [-0.4, -0.2) is 6.43 Å². The van der Waals surface area contributed by atoms with Crippen LogP contribution in [0.2, 0.25) is 5.02 Å². The first-order chi connectivity index (χ1) is 6.02. The Bertz CT molecular complexity index is 306. The van der Waals surface area contributed by atoms with Gasteiger partial charge in [0.15, 0.2) is 0 Å². The molecule has 1 rings (SSSR count). The fraction of sp³-hybridized carbons (Fsp3) is 0.250. The Morgan fingerprint density at radius 2 is 2.00 bits per heavy atom. The van der Waals surface area contributed by atoms with Crippen LogP contribution in [0, 0.1) is 0 Å². The largest absolute Gasteiger partial charge is 0.319 e. The van der Waals surface area contributed by atoms with E-state index in [-0.39, 0.29) is 0 Å². The molecule has 1 aromatic rings. The molecule has 0 saturated carbocycles. The van der Waals surface area contributed by atoms with E-state index >= 15 is 0 Å². The molecule has 0 bridgehead atoms. The van der Waals surface area contributed by atoms with E-state index in [1.54, 1.807) is 0 Å². The van der Waals surface area contributed by atoms with Crippen molar-refractivity contribution in [3.8, 4) is 0 Å². The van der Waals surface area contributed by atoms with Gasteiger partial charge in [0.2, 0.25) is 0 Å². The Kier molecular flexibility index (Phi) is 3.64. The van der Waals surface area contributed by atoms with Gasteiger partial charge in [-0.15, -0.1) is 0 Å². The normalized spacial score (nSPS) is 13.4. The van der Waals surface area contributed by atoms with E-state index in [4.69, 9.17) is 17.3 Å². The van der Waals surface area contributed by atoms with Gasteiger partial charge in [0.25, 0.3) is 6.43 Å². The first-order valence-corrected chi connectivity index (χ1v) is 4.68. The van der Waals surface area contributed by atoms with Crippen molar-refractivity contribution in [3.05, 3.63) is 33.3 Å². The summed E-state index contributed by atoms with van der Waals surface area (Å²) in [5.74, 6) is 0. The summed E-state index contributed by atoms with van der Waals surface area (Å²) in [5, 5.41) is 0.477. The van der Waals surface area contributed by atoms with E-state index in [0.717, 1.165) is 0 Å². The van der Waals surface area contributed by atoms with Crippen molar-refractivity contribution in [1.29, 1.82) is 0 Å². The molecule has 0 radical (unpaired) electrons. The van der Waals surface area contributed by atoms with E-state index in [1.165, 1.54) is 18.2 Å². The summed E-state index contributed by atoms with van der Waals surface area (Å²) >= 11 is 8.82. The highest BCUT2D eigenvalue weighted by atomic mass is 79.9. The third-order valence-corrected chi connectivity index (χ3v) is 2.81. The second kappa shape index (κ2) is 4.35. The van der Waals surface area contributed by atoms with Crippen molar-refractivity contribution < 1.29 is 8.78 Å². The molecule has 72 valence electrons. The monoisotopic (exact) mass is 269 g/mol. The van der Waals surface area contributed by atoms with Crippen molar-refractivity contribution in [2.24, 2.45) is 5.73 Å². The topological polar surface area (TPSA) is 26.0 Å². The smallest absolute Gasteiger partial charge is 0.257 e. The number of rotatable bonds is 2. The third-order valence-electron chi connectivity index (χ3n) is 1.60. The lowest BCUT2D eigenvalue weighted by atomic mass is 10.1. The fourth-order valence-corrected chi connectivity index (χ4v) is 1.38. The van der Waals surface area contributed by atoms with Gasteiger partial charge in [-0.1, -0.05) is 17.7 Å². The molecule has 0 saturated heterocycles. The summed E-state index contributed by atoms with van der Waals surface area (Å²) in [6.07, 6.45) is -2.56. The molecule has 0 aliphatic heterocycles. The lowest BCUT2D eigenvalue weighted by molar-refractivity contribution is 0.116. The molecule has 0 aliphatic rings. The maximum absolute atomic E-state index is 12.2. The minimum atomic E-state index is -2.56. The molecule has 1 atom stereocenters. The van der Waals surface area contributed by atoms with Gasteiger partial charge in [-0.25, -0.2) is 8.78 Å². The first-order valence-electron chi connectivity index (χ1n) is 3.51. The Hall–Kier alpha value is -0.190. The minimum Gasteiger partial charge on any atom is -0.319 e. The summed E-state index contributed by atoms with van der Waals surface area (Å²) in [5.41, 5.74) is 5.61. The molecule has 0 unspecified atom stereocenters. The highest BCUT2D eigenvalue weighted by molar-refractivity contribution is 9.10. The van der Waals surface area contributed by atoms with Crippen molar-refractivity contribution in [1.82, 2.24) is 0 Å². The highest BCUT2D eigenvalue weighted by Gasteiger charge is 2.17. The first kappa shape index (κ1) is 10.9. The van der Waals surface area contributed by atoms with Gasteiger partial charge >= 0.3 is 0 Å². The Labute approximate surface area is 88.0 Å². The zero-order chi connectivity index (χ0) is 10.0. The zero-order valence-electron chi connectivity index (χ0n) is 6.48. The number of hydrogen-bond donors (Lipinski definition) is 1. The number of benzene rings is 1. The van der Waals surface area contributed by atoms with Crippen LogP contribution >= 0.6 is 27.5 Å². The van der Waals surface area contributed by atoms with Gasteiger partial charge in [0.1, 0.15) is 0 Å². The second-order valence-electron chi connectivity index (χ2n) is 2.53. The van der Waals surface area contributed by atoms with E-state index in [1.807, 2.05) is 0 Å². The van der Waals surface area contributed by atoms with Crippen LogP contribution in [0.25, 0.3) is 0 Å². The summed E-state index contributed by atoms with van der Waals surface area (Å²) in [4.78, 5) is 0. The molecular weight excluding hydrogens is 263 g/mol. The predicted molar refractivity (Wildman–Crippen MR) is 52.1 cm³/mol.